The molecule has 0 heterocycles. The zero-order valence-corrected chi connectivity index (χ0v) is 11.2. The van der Waals surface area contributed by atoms with Gasteiger partial charge in [0.1, 0.15) is 12.4 Å². The van der Waals surface area contributed by atoms with E-state index in [-0.39, 0.29) is 12.6 Å². The fourth-order valence-corrected chi connectivity index (χ4v) is 1.48. The topological polar surface area (TPSA) is 55.5 Å². The number of benzene rings is 1. The van der Waals surface area contributed by atoms with Crippen LogP contribution in [0.4, 0.5) is 0 Å². The van der Waals surface area contributed by atoms with Crippen molar-refractivity contribution >= 4 is 0 Å². The van der Waals surface area contributed by atoms with E-state index < -0.39 is 5.60 Å². The Hall–Kier alpha value is -1.06. The van der Waals surface area contributed by atoms with E-state index in [0.717, 1.165) is 16.9 Å². The lowest BCUT2D eigenvalue weighted by atomic mass is 10.0. The van der Waals surface area contributed by atoms with Gasteiger partial charge in [0.2, 0.25) is 0 Å². The normalized spacial score (nSPS) is 16.4. The van der Waals surface area contributed by atoms with Crippen molar-refractivity contribution in [2.45, 2.75) is 45.8 Å². The van der Waals surface area contributed by atoms with Gasteiger partial charge in [0, 0.05) is 11.6 Å². The fourth-order valence-electron chi connectivity index (χ4n) is 1.48. The Labute approximate surface area is 104 Å². The van der Waals surface area contributed by atoms with Crippen LogP contribution in [0, 0.1) is 6.92 Å². The summed E-state index contributed by atoms with van der Waals surface area (Å²) < 4.78 is 5.70. The molecule has 3 N–H and O–H groups in total. The van der Waals surface area contributed by atoms with Gasteiger partial charge in [-0.15, -0.1) is 0 Å². The summed E-state index contributed by atoms with van der Waals surface area (Å²) >= 11 is 0. The summed E-state index contributed by atoms with van der Waals surface area (Å²) in [7, 11) is 0. The van der Waals surface area contributed by atoms with Crippen molar-refractivity contribution < 1.29 is 9.84 Å². The van der Waals surface area contributed by atoms with Crippen LogP contribution in [-0.4, -0.2) is 17.3 Å². The van der Waals surface area contributed by atoms with Crippen LogP contribution in [0.5, 0.6) is 5.75 Å². The van der Waals surface area contributed by atoms with Gasteiger partial charge in [-0.3, -0.25) is 0 Å². The average molecular weight is 237 g/mol. The summed E-state index contributed by atoms with van der Waals surface area (Å²) in [4.78, 5) is 0. The highest BCUT2D eigenvalue weighted by Gasteiger charge is 2.19. The third-order valence-electron chi connectivity index (χ3n) is 2.96. The molecule has 0 saturated carbocycles. The number of aliphatic hydroxyl groups is 1. The molecule has 2 unspecified atom stereocenters. The van der Waals surface area contributed by atoms with Crippen LogP contribution < -0.4 is 10.5 Å². The molecular weight excluding hydrogens is 214 g/mol. The molecule has 0 bridgehead atoms. The van der Waals surface area contributed by atoms with Crippen LogP contribution >= 0.6 is 0 Å². The van der Waals surface area contributed by atoms with Gasteiger partial charge < -0.3 is 15.6 Å². The van der Waals surface area contributed by atoms with Crippen molar-refractivity contribution in [2.24, 2.45) is 5.73 Å². The highest BCUT2D eigenvalue weighted by Crippen LogP contribution is 2.26. The molecule has 0 aromatic heterocycles. The van der Waals surface area contributed by atoms with Crippen molar-refractivity contribution in [3.8, 4) is 5.75 Å². The molecular formula is C14H23NO2. The van der Waals surface area contributed by atoms with Crippen LogP contribution in [-0.2, 0) is 0 Å². The molecule has 17 heavy (non-hydrogen) atoms. The minimum absolute atomic E-state index is 0.0721. The van der Waals surface area contributed by atoms with Crippen molar-refractivity contribution in [1.82, 2.24) is 0 Å². The van der Waals surface area contributed by atoms with E-state index in [1.54, 1.807) is 6.92 Å². The fraction of sp³-hybridized carbons (Fsp3) is 0.571. The SMILES string of the molecule is CCC(C)(O)COc1cc(C)ccc1C(C)N. The monoisotopic (exact) mass is 237 g/mol. The highest BCUT2D eigenvalue weighted by molar-refractivity contribution is 5.39. The smallest absolute Gasteiger partial charge is 0.124 e. The van der Waals surface area contributed by atoms with Crippen molar-refractivity contribution in [2.75, 3.05) is 6.61 Å². The van der Waals surface area contributed by atoms with Crippen LogP contribution in [0.15, 0.2) is 18.2 Å². The van der Waals surface area contributed by atoms with Gasteiger partial charge in [-0.05, 0) is 38.8 Å². The van der Waals surface area contributed by atoms with Crippen molar-refractivity contribution in [3.63, 3.8) is 0 Å². The molecule has 0 aliphatic carbocycles. The van der Waals surface area contributed by atoms with E-state index in [1.807, 2.05) is 39.0 Å². The maximum absolute atomic E-state index is 9.93. The van der Waals surface area contributed by atoms with Gasteiger partial charge in [-0.2, -0.15) is 0 Å². The van der Waals surface area contributed by atoms with Gasteiger partial charge >= 0.3 is 0 Å². The Morgan fingerprint density at radius 2 is 2.12 bits per heavy atom. The van der Waals surface area contributed by atoms with Gasteiger partial charge in [0.05, 0.1) is 5.60 Å². The Kier molecular flexibility index (Phi) is 4.54. The number of aryl methyl sites for hydroxylation is 1. The van der Waals surface area contributed by atoms with Gasteiger partial charge in [-0.25, -0.2) is 0 Å². The zero-order valence-electron chi connectivity index (χ0n) is 11.2. The molecule has 1 aromatic carbocycles. The molecule has 2 atom stereocenters. The van der Waals surface area contributed by atoms with E-state index in [2.05, 4.69) is 0 Å². The quantitative estimate of drug-likeness (QED) is 0.827. The predicted molar refractivity (Wildman–Crippen MR) is 70.2 cm³/mol. The summed E-state index contributed by atoms with van der Waals surface area (Å²) in [5.41, 5.74) is 7.20. The summed E-state index contributed by atoms with van der Waals surface area (Å²) in [5.74, 6) is 0.772. The third kappa shape index (κ3) is 4.02. The molecule has 1 rings (SSSR count). The number of ether oxygens (including phenoxy) is 1. The van der Waals surface area contributed by atoms with Gasteiger partial charge in [-0.1, -0.05) is 19.1 Å². The summed E-state index contributed by atoms with van der Waals surface area (Å²) in [6.07, 6.45) is 0.659. The largest absolute Gasteiger partial charge is 0.490 e. The lowest BCUT2D eigenvalue weighted by Crippen LogP contribution is -2.31. The molecule has 0 aliphatic rings. The molecule has 0 fully saturated rings. The van der Waals surface area contributed by atoms with E-state index >= 15 is 0 Å². The van der Waals surface area contributed by atoms with E-state index in [1.165, 1.54) is 0 Å². The maximum Gasteiger partial charge on any atom is 0.124 e. The first-order valence-electron chi connectivity index (χ1n) is 6.07. The van der Waals surface area contributed by atoms with Gasteiger partial charge in [0.25, 0.3) is 0 Å². The Bertz CT molecular complexity index is 372. The molecule has 3 nitrogen and oxygen atoms in total. The number of hydrogen-bond acceptors (Lipinski definition) is 3. The first-order chi connectivity index (χ1) is 7.85. The van der Waals surface area contributed by atoms with E-state index in [0.29, 0.717) is 6.42 Å². The Morgan fingerprint density at radius 3 is 2.65 bits per heavy atom. The molecule has 3 heteroatoms. The molecule has 0 radical (unpaired) electrons. The number of rotatable bonds is 5. The second kappa shape index (κ2) is 5.52. The van der Waals surface area contributed by atoms with Crippen LogP contribution in [0.25, 0.3) is 0 Å². The van der Waals surface area contributed by atoms with Crippen LogP contribution in [0.3, 0.4) is 0 Å². The lowest BCUT2D eigenvalue weighted by Gasteiger charge is -2.23. The van der Waals surface area contributed by atoms with E-state index in [4.69, 9.17) is 10.5 Å². The zero-order chi connectivity index (χ0) is 13.1. The highest BCUT2D eigenvalue weighted by atomic mass is 16.5. The summed E-state index contributed by atoms with van der Waals surface area (Å²) in [6, 6.07) is 5.89. The second-order valence-corrected chi connectivity index (χ2v) is 4.97. The standard InChI is InChI=1S/C14H23NO2/c1-5-14(4,16)9-17-13-8-10(2)6-7-12(13)11(3)15/h6-8,11,16H,5,9,15H2,1-4H3. The van der Waals surface area contributed by atoms with Crippen molar-refractivity contribution in [1.29, 1.82) is 0 Å². The van der Waals surface area contributed by atoms with E-state index in [9.17, 15) is 5.11 Å². The third-order valence-corrected chi connectivity index (χ3v) is 2.96. The molecule has 0 spiro atoms. The first kappa shape index (κ1) is 14.0. The predicted octanol–water partition coefficient (Wildman–Crippen LogP) is 2.55. The van der Waals surface area contributed by atoms with Crippen molar-refractivity contribution in [3.05, 3.63) is 29.3 Å². The van der Waals surface area contributed by atoms with Gasteiger partial charge in [0.15, 0.2) is 0 Å². The second-order valence-electron chi connectivity index (χ2n) is 4.97. The molecule has 0 amide bonds. The molecule has 0 saturated heterocycles. The Balaban J connectivity index is 2.85. The molecule has 96 valence electrons. The number of nitrogens with two attached hydrogens (primary N) is 1. The minimum Gasteiger partial charge on any atom is -0.490 e. The molecule has 1 aromatic rings. The molecule has 0 aliphatic heterocycles. The first-order valence-corrected chi connectivity index (χ1v) is 6.07. The summed E-state index contributed by atoms with van der Waals surface area (Å²) in [5, 5.41) is 9.93. The van der Waals surface area contributed by atoms with Crippen LogP contribution in [0.2, 0.25) is 0 Å². The summed E-state index contributed by atoms with van der Waals surface area (Å²) in [6.45, 7) is 7.93. The number of hydrogen-bond donors (Lipinski definition) is 2. The Morgan fingerprint density at radius 1 is 1.47 bits per heavy atom. The minimum atomic E-state index is -0.793. The lowest BCUT2D eigenvalue weighted by molar-refractivity contribution is 0.00808. The van der Waals surface area contributed by atoms with Crippen LogP contribution in [0.1, 0.15) is 44.4 Å². The maximum atomic E-state index is 9.93. The average Bonchev–Trinajstić information content (AvgIpc) is 2.26.